The third kappa shape index (κ3) is 6.69. The van der Waals surface area contributed by atoms with Gasteiger partial charge in [0.25, 0.3) is 0 Å². The molecule has 0 heterocycles. The number of esters is 1. The van der Waals surface area contributed by atoms with Gasteiger partial charge >= 0.3 is 5.97 Å². The fraction of sp³-hybridized carbons (Fsp3) is 0.391. The number of nitrogens with zero attached hydrogens (tertiary/aromatic N) is 1. The van der Waals surface area contributed by atoms with Crippen molar-refractivity contribution < 1.29 is 24.0 Å². The number of rotatable bonds is 9. The molecular weight excluding hydrogens is 386 g/mol. The first-order valence-corrected chi connectivity index (χ1v) is 9.67. The summed E-state index contributed by atoms with van der Waals surface area (Å²) in [4.78, 5) is 36.6. The van der Waals surface area contributed by atoms with Gasteiger partial charge in [0, 0.05) is 10.8 Å². The molecule has 0 aromatic heterocycles. The van der Waals surface area contributed by atoms with Crippen LogP contribution in [0.3, 0.4) is 0 Å². The Morgan fingerprint density at radius 2 is 1.63 bits per heavy atom. The van der Waals surface area contributed by atoms with E-state index in [4.69, 9.17) is 9.47 Å². The lowest BCUT2D eigenvalue weighted by Crippen LogP contribution is -2.37. The highest BCUT2D eigenvalue weighted by Gasteiger charge is 2.38. The molecule has 2 atom stereocenters. The average molecular weight is 413 g/mol. The second kappa shape index (κ2) is 10.0. The molecule has 0 fully saturated rings. The van der Waals surface area contributed by atoms with Crippen LogP contribution in [0.1, 0.15) is 37.8 Å². The van der Waals surface area contributed by atoms with Crippen molar-refractivity contribution in [3.05, 3.63) is 75.8 Å². The van der Waals surface area contributed by atoms with E-state index in [2.05, 4.69) is 0 Å². The third-order valence-electron chi connectivity index (χ3n) is 4.61. The summed E-state index contributed by atoms with van der Waals surface area (Å²) >= 11 is 0. The zero-order chi connectivity index (χ0) is 22.3. The second-order valence-corrected chi connectivity index (χ2v) is 8.06. The number of benzene rings is 2. The summed E-state index contributed by atoms with van der Waals surface area (Å²) in [5, 5.41) is 11.4. The molecular formula is C23H27NO6. The lowest BCUT2D eigenvalue weighted by molar-refractivity contribution is -0.484. The first kappa shape index (κ1) is 23.1. The van der Waals surface area contributed by atoms with Crippen LogP contribution in [0.15, 0.2) is 54.6 Å². The zero-order valence-corrected chi connectivity index (χ0v) is 17.7. The van der Waals surface area contributed by atoms with Crippen molar-refractivity contribution in [2.24, 2.45) is 5.92 Å². The van der Waals surface area contributed by atoms with Crippen LogP contribution < -0.4 is 4.74 Å². The Balaban J connectivity index is 2.44. The smallest absolute Gasteiger partial charge is 0.375 e. The number of nitro groups is 1. The van der Waals surface area contributed by atoms with Crippen LogP contribution in [0.4, 0.5) is 0 Å². The minimum absolute atomic E-state index is 0.162. The van der Waals surface area contributed by atoms with Crippen molar-refractivity contribution in [1.82, 2.24) is 0 Å². The third-order valence-corrected chi connectivity index (χ3v) is 4.61. The SMILES string of the molecule is COc1ccc(C[C@@H](C(=O)C(=O)OC(C)(C)C)[C@H](C[N+](=O)[O-])c2ccccc2)cc1. The summed E-state index contributed by atoms with van der Waals surface area (Å²) in [5.41, 5.74) is 0.551. The van der Waals surface area contributed by atoms with E-state index in [-0.39, 0.29) is 6.42 Å². The predicted octanol–water partition coefficient (Wildman–Crippen LogP) is 3.83. The van der Waals surface area contributed by atoms with E-state index >= 15 is 0 Å². The minimum Gasteiger partial charge on any atom is -0.497 e. The molecule has 0 N–H and O–H groups in total. The Hall–Kier alpha value is -3.22. The van der Waals surface area contributed by atoms with Crippen LogP contribution in [-0.2, 0) is 20.7 Å². The van der Waals surface area contributed by atoms with Crippen molar-refractivity contribution >= 4 is 11.8 Å². The Labute approximate surface area is 176 Å². The Morgan fingerprint density at radius 1 is 1.03 bits per heavy atom. The van der Waals surface area contributed by atoms with Crippen LogP contribution in [0.25, 0.3) is 0 Å². The molecule has 2 aromatic rings. The highest BCUT2D eigenvalue weighted by atomic mass is 16.6. The van der Waals surface area contributed by atoms with Gasteiger partial charge in [-0.2, -0.15) is 0 Å². The van der Waals surface area contributed by atoms with Gasteiger partial charge in [0.05, 0.1) is 13.0 Å². The molecule has 0 spiro atoms. The van der Waals surface area contributed by atoms with E-state index in [0.717, 1.165) is 5.56 Å². The van der Waals surface area contributed by atoms with Crippen LogP contribution >= 0.6 is 0 Å². The van der Waals surface area contributed by atoms with Gasteiger partial charge in [0.1, 0.15) is 11.4 Å². The molecule has 7 heteroatoms. The van der Waals surface area contributed by atoms with Gasteiger partial charge in [-0.3, -0.25) is 14.9 Å². The number of ether oxygens (including phenoxy) is 2. The topological polar surface area (TPSA) is 95.7 Å². The van der Waals surface area contributed by atoms with Gasteiger partial charge in [0.2, 0.25) is 12.3 Å². The molecule has 0 radical (unpaired) electrons. The minimum atomic E-state index is -0.981. The number of carbonyl (C=O) groups is 2. The summed E-state index contributed by atoms with van der Waals surface area (Å²) in [6, 6.07) is 15.8. The average Bonchev–Trinajstić information content (AvgIpc) is 2.69. The quantitative estimate of drug-likeness (QED) is 0.268. The molecule has 30 heavy (non-hydrogen) atoms. The monoisotopic (exact) mass is 413 g/mol. The molecule has 0 aliphatic heterocycles. The summed E-state index contributed by atoms with van der Waals surface area (Å²) in [6.45, 7) is 4.53. The summed E-state index contributed by atoms with van der Waals surface area (Å²) in [6.07, 6.45) is 0.162. The van der Waals surface area contributed by atoms with Crippen molar-refractivity contribution in [1.29, 1.82) is 0 Å². The predicted molar refractivity (Wildman–Crippen MR) is 112 cm³/mol. The summed E-state index contributed by atoms with van der Waals surface area (Å²) < 4.78 is 10.4. The number of hydrogen-bond acceptors (Lipinski definition) is 6. The number of hydrogen-bond donors (Lipinski definition) is 0. The molecule has 160 valence electrons. The lowest BCUT2D eigenvalue weighted by Gasteiger charge is -2.25. The molecule has 0 unspecified atom stereocenters. The maximum atomic E-state index is 13.1. The number of Topliss-reactive ketones (excluding diaryl/α,β-unsaturated/α-hetero) is 1. The van der Waals surface area contributed by atoms with E-state index in [1.807, 2.05) is 0 Å². The zero-order valence-electron chi connectivity index (χ0n) is 17.7. The van der Waals surface area contributed by atoms with Gasteiger partial charge in [-0.1, -0.05) is 42.5 Å². The highest BCUT2D eigenvalue weighted by Crippen LogP contribution is 2.30. The molecule has 2 aromatic carbocycles. The highest BCUT2D eigenvalue weighted by molar-refractivity contribution is 6.34. The van der Waals surface area contributed by atoms with E-state index in [0.29, 0.717) is 11.3 Å². The van der Waals surface area contributed by atoms with Crippen molar-refractivity contribution in [3.8, 4) is 5.75 Å². The van der Waals surface area contributed by atoms with Crippen molar-refractivity contribution in [2.75, 3.05) is 13.7 Å². The van der Waals surface area contributed by atoms with Gasteiger partial charge < -0.3 is 9.47 Å². The molecule has 7 nitrogen and oxygen atoms in total. The maximum absolute atomic E-state index is 13.1. The van der Waals surface area contributed by atoms with Crippen LogP contribution in [-0.4, -0.2) is 35.9 Å². The first-order valence-electron chi connectivity index (χ1n) is 9.67. The Bertz CT molecular complexity index is 871. The van der Waals surface area contributed by atoms with Crippen LogP contribution in [0.5, 0.6) is 5.75 Å². The van der Waals surface area contributed by atoms with Gasteiger partial charge in [-0.15, -0.1) is 0 Å². The number of carbonyl (C=O) groups excluding carboxylic acids is 2. The van der Waals surface area contributed by atoms with E-state index in [1.54, 1.807) is 82.5 Å². The molecule has 0 saturated carbocycles. The van der Waals surface area contributed by atoms with Gasteiger partial charge in [-0.05, 0) is 50.5 Å². The van der Waals surface area contributed by atoms with Gasteiger partial charge in [-0.25, -0.2) is 4.79 Å². The normalized spacial score (nSPS) is 13.2. The molecule has 0 aliphatic carbocycles. The molecule has 0 saturated heterocycles. The summed E-state index contributed by atoms with van der Waals surface area (Å²) in [5.74, 6) is -2.82. The van der Waals surface area contributed by atoms with Crippen molar-refractivity contribution in [3.63, 3.8) is 0 Å². The molecule has 0 amide bonds. The van der Waals surface area contributed by atoms with E-state index < -0.39 is 40.7 Å². The molecule has 2 rings (SSSR count). The van der Waals surface area contributed by atoms with Crippen molar-refractivity contribution in [2.45, 2.75) is 38.7 Å². The Morgan fingerprint density at radius 3 is 2.13 bits per heavy atom. The largest absolute Gasteiger partial charge is 0.497 e. The van der Waals surface area contributed by atoms with E-state index in [1.165, 1.54) is 0 Å². The lowest BCUT2D eigenvalue weighted by atomic mass is 9.79. The van der Waals surface area contributed by atoms with Crippen LogP contribution in [0.2, 0.25) is 0 Å². The fourth-order valence-corrected chi connectivity index (χ4v) is 3.24. The number of methoxy groups -OCH3 is 1. The Kier molecular flexibility index (Phi) is 7.69. The summed E-state index contributed by atoms with van der Waals surface area (Å²) in [7, 11) is 1.55. The maximum Gasteiger partial charge on any atom is 0.375 e. The number of ketones is 1. The molecule has 0 aliphatic rings. The molecule has 0 bridgehead atoms. The standard InChI is InChI=1S/C23H27NO6/c1-23(2,3)30-22(26)21(25)19(14-16-10-12-18(29-4)13-11-16)20(15-24(27)28)17-8-6-5-7-9-17/h5-13,19-20H,14-15H2,1-4H3/t19-,20-/m1/s1. The second-order valence-electron chi connectivity index (χ2n) is 8.06. The first-order chi connectivity index (χ1) is 14.1. The van der Waals surface area contributed by atoms with Gasteiger partial charge in [0.15, 0.2) is 0 Å². The van der Waals surface area contributed by atoms with Crippen LogP contribution in [0, 0.1) is 16.0 Å². The fourth-order valence-electron chi connectivity index (χ4n) is 3.24. The van der Waals surface area contributed by atoms with E-state index in [9.17, 15) is 19.7 Å².